The summed E-state index contributed by atoms with van der Waals surface area (Å²) in [5.74, 6) is 0.952. The van der Waals surface area contributed by atoms with Gasteiger partial charge in [0.05, 0.1) is 6.61 Å². The number of amides is 1. The first-order valence-corrected chi connectivity index (χ1v) is 9.17. The molecule has 3 heterocycles. The second-order valence-corrected chi connectivity index (χ2v) is 7.46. The molecular formula is C19H29N3O2. The van der Waals surface area contributed by atoms with Crippen LogP contribution in [0.2, 0.25) is 0 Å². The van der Waals surface area contributed by atoms with Crippen molar-refractivity contribution in [3.05, 3.63) is 23.9 Å². The van der Waals surface area contributed by atoms with Gasteiger partial charge in [-0.05, 0) is 57.3 Å². The minimum atomic E-state index is 0.0738. The van der Waals surface area contributed by atoms with Crippen molar-refractivity contribution in [1.29, 1.82) is 0 Å². The summed E-state index contributed by atoms with van der Waals surface area (Å²) >= 11 is 0. The molecule has 0 spiro atoms. The molecule has 0 aromatic carbocycles. The molecule has 0 aliphatic carbocycles. The van der Waals surface area contributed by atoms with Crippen LogP contribution in [0, 0.1) is 5.92 Å². The van der Waals surface area contributed by atoms with E-state index in [-0.39, 0.29) is 5.91 Å². The van der Waals surface area contributed by atoms with Gasteiger partial charge in [-0.2, -0.15) is 0 Å². The fourth-order valence-electron chi connectivity index (χ4n) is 3.94. The van der Waals surface area contributed by atoms with Crippen LogP contribution in [0.5, 0.6) is 5.88 Å². The first kappa shape index (κ1) is 17.2. The van der Waals surface area contributed by atoms with Crippen molar-refractivity contribution in [3.63, 3.8) is 0 Å². The quantitative estimate of drug-likeness (QED) is 0.832. The highest BCUT2D eigenvalue weighted by Crippen LogP contribution is 2.31. The third kappa shape index (κ3) is 3.56. The van der Waals surface area contributed by atoms with Crippen molar-refractivity contribution in [2.24, 2.45) is 5.92 Å². The van der Waals surface area contributed by atoms with Crippen molar-refractivity contribution >= 4 is 5.91 Å². The van der Waals surface area contributed by atoms with Crippen molar-refractivity contribution in [2.45, 2.75) is 51.6 Å². The standard InChI is InChI=1S/C19H29N3O2/c1-14(2)13-24-18-15(7-4-10-20-18)19(23)22-12-6-9-17(22)16-8-5-11-21(16)3/h4,7,10,14,16-17H,5-6,8-9,11-13H2,1-3H3/t16-,17-/m1/s1. The average Bonchev–Trinajstić information content (AvgIpc) is 3.20. The monoisotopic (exact) mass is 331 g/mol. The number of pyridine rings is 1. The van der Waals surface area contributed by atoms with Crippen LogP contribution in [0.1, 0.15) is 49.9 Å². The lowest BCUT2D eigenvalue weighted by atomic mass is 10.0. The van der Waals surface area contributed by atoms with E-state index < -0.39 is 0 Å². The summed E-state index contributed by atoms with van der Waals surface area (Å²) in [5.41, 5.74) is 0.602. The Morgan fingerprint density at radius 1 is 1.29 bits per heavy atom. The zero-order chi connectivity index (χ0) is 17.1. The number of carbonyl (C=O) groups excluding carboxylic acids is 1. The third-order valence-corrected chi connectivity index (χ3v) is 5.14. The summed E-state index contributed by atoms with van der Waals surface area (Å²) in [7, 11) is 2.18. The van der Waals surface area contributed by atoms with Gasteiger partial charge in [0.15, 0.2) is 0 Å². The summed E-state index contributed by atoms with van der Waals surface area (Å²) in [6.07, 6.45) is 6.30. The highest BCUT2D eigenvalue weighted by Gasteiger charge is 2.39. The van der Waals surface area contributed by atoms with E-state index in [0.717, 1.165) is 25.9 Å². The van der Waals surface area contributed by atoms with Crippen LogP contribution >= 0.6 is 0 Å². The Bertz CT molecular complexity index is 575. The van der Waals surface area contributed by atoms with E-state index in [0.29, 0.717) is 36.1 Å². The van der Waals surface area contributed by atoms with E-state index in [1.54, 1.807) is 6.20 Å². The van der Waals surface area contributed by atoms with Gasteiger partial charge in [-0.3, -0.25) is 4.79 Å². The zero-order valence-electron chi connectivity index (χ0n) is 15.1. The molecule has 2 atom stereocenters. The summed E-state index contributed by atoms with van der Waals surface area (Å²) < 4.78 is 5.79. The van der Waals surface area contributed by atoms with Crippen LogP contribution in [0.25, 0.3) is 0 Å². The molecule has 0 unspecified atom stereocenters. The van der Waals surface area contributed by atoms with Gasteiger partial charge >= 0.3 is 0 Å². The molecule has 0 bridgehead atoms. The van der Waals surface area contributed by atoms with Crippen molar-refractivity contribution < 1.29 is 9.53 Å². The molecule has 5 heteroatoms. The molecule has 2 aliphatic rings. The molecule has 1 aromatic rings. The zero-order valence-corrected chi connectivity index (χ0v) is 15.1. The first-order chi connectivity index (χ1) is 11.6. The molecule has 2 aliphatic heterocycles. The van der Waals surface area contributed by atoms with Gasteiger partial charge in [0, 0.05) is 24.8 Å². The molecule has 132 valence electrons. The Morgan fingerprint density at radius 3 is 2.75 bits per heavy atom. The normalized spacial score (nSPS) is 24.8. The number of hydrogen-bond donors (Lipinski definition) is 0. The Kier molecular flexibility index (Phi) is 5.39. The van der Waals surface area contributed by atoms with E-state index >= 15 is 0 Å². The number of likely N-dealkylation sites (N-methyl/N-ethyl adjacent to an activating group) is 1. The molecule has 5 nitrogen and oxygen atoms in total. The van der Waals surface area contributed by atoms with Gasteiger partial charge in [-0.25, -0.2) is 4.98 Å². The number of hydrogen-bond acceptors (Lipinski definition) is 4. The number of nitrogens with zero attached hydrogens (tertiary/aromatic N) is 3. The molecule has 24 heavy (non-hydrogen) atoms. The molecule has 3 rings (SSSR count). The van der Waals surface area contributed by atoms with Crippen LogP contribution in [-0.4, -0.2) is 59.5 Å². The number of ether oxygens (including phenoxy) is 1. The molecule has 0 saturated carbocycles. The highest BCUT2D eigenvalue weighted by atomic mass is 16.5. The fraction of sp³-hybridized carbons (Fsp3) is 0.684. The number of aromatic nitrogens is 1. The number of rotatable bonds is 5. The van der Waals surface area contributed by atoms with Gasteiger partial charge in [0.1, 0.15) is 5.56 Å². The lowest BCUT2D eigenvalue weighted by molar-refractivity contribution is 0.0658. The van der Waals surface area contributed by atoms with Crippen molar-refractivity contribution in [3.8, 4) is 5.88 Å². The van der Waals surface area contributed by atoms with E-state index in [9.17, 15) is 4.79 Å². The molecule has 1 aromatic heterocycles. The van der Waals surface area contributed by atoms with Gasteiger partial charge in [-0.1, -0.05) is 13.8 Å². The Hall–Kier alpha value is -1.62. The minimum Gasteiger partial charge on any atom is -0.477 e. The fourth-order valence-corrected chi connectivity index (χ4v) is 3.94. The lowest BCUT2D eigenvalue weighted by Gasteiger charge is -2.33. The molecule has 0 radical (unpaired) electrons. The Labute approximate surface area is 145 Å². The first-order valence-electron chi connectivity index (χ1n) is 9.17. The maximum atomic E-state index is 13.2. The maximum Gasteiger partial charge on any atom is 0.259 e. The van der Waals surface area contributed by atoms with Crippen LogP contribution in [0.15, 0.2) is 18.3 Å². The molecular weight excluding hydrogens is 302 g/mol. The summed E-state index contributed by atoms with van der Waals surface area (Å²) in [6, 6.07) is 4.48. The molecule has 1 amide bonds. The molecule has 2 saturated heterocycles. The number of carbonyl (C=O) groups is 1. The van der Waals surface area contributed by atoms with E-state index in [2.05, 4.69) is 35.7 Å². The Balaban J connectivity index is 1.78. The van der Waals surface area contributed by atoms with Gasteiger partial charge < -0.3 is 14.5 Å². The molecule has 0 N–H and O–H groups in total. The topological polar surface area (TPSA) is 45.7 Å². The summed E-state index contributed by atoms with van der Waals surface area (Å²) in [5, 5.41) is 0. The minimum absolute atomic E-state index is 0.0738. The van der Waals surface area contributed by atoms with E-state index in [1.807, 2.05) is 12.1 Å². The third-order valence-electron chi connectivity index (χ3n) is 5.14. The van der Waals surface area contributed by atoms with Crippen molar-refractivity contribution in [2.75, 3.05) is 26.7 Å². The van der Waals surface area contributed by atoms with Gasteiger partial charge in [0.25, 0.3) is 5.91 Å². The molecule has 2 fully saturated rings. The highest BCUT2D eigenvalue weighted by molar-refractivity contribution is 5.96. The SMILES string of the molecule is CC(C)COc1ncccc1C(=O)N1CCC[C@@H]1[C@H]1CCCN1C. The number of likely N-dealkylation sites (tertiary alicyclic amines) is 2. The van der Waals surface area contributed by atoms with Gasteiger partial charge in [0.2, 0.25) is 5.88 Å². The second kappa shape index (κ2) is 7.51. The smallest absolute Gasteiger partial charge is 0.259 e. The van der Waals surface area contributed by atoms with E-state index in [1.165, 1.54) is 12.8 Å². The predicted octanol–water partition coefficient (Wildman–Crippen LogP) is 2.82. The van der Waals surface area contributed by atoms with E-state index in [4.69, 9.17) is 4.74 Å². The van der Waals surface area contributed by atoms with Crippen LogP contribution < -0.4 is 4.74 Å². The predicted molar refractivity (Wildman–Crippen MR) is 94.3 cm³/mol. The van der Waals surface area contributed by atoms with Crippen LogP contribution in [0.4, 0.5) is 0 Å². The average molecular weight is 331 g/mol. The Morgan fingerprint density at radius 2 is 2.04 bits per heavy atom. The summed E-state index contributed by atoms with van der Waals surface area (Å²) in [6.45, 7) is 6.74. The van der Waals surface area contributed by atoms with Crippen molar-refractivity contribution in [1.82, 2.24) is 14.8 Å². The van der Waals surface area contributed by atoms with Crippen LogP contribution in [0.3, 0.4) is 0 Å². The van der Waals surface area contributed by atoms with Gasteiger partial charge in [-0.15, -0.1) is 0 Å². The lowest BCUT2D eigenvalue weighted by Crippen LogP contribution is -2.47. The second-order valence-electron chi connectivity index (χ2n) is 7.46. The summed E-state index contributed by atoms with van der Waals surface area (Å²) in [4.78, 5) is 21.9. The maximum absolute atomic E-state index is 13.2. The van der Waals surface area contributed by atoms with Crippen LogP contribution in [-0.2, 0) is 0 Å². The largest absolute Gasteiger partial charge is 0.477 e.